The molecule has 1 aliphatic rings. The molecule has 1 N–H and O–H groups in total. The highest BCUT2D eigenvalue weighted by atomic mass is 16.3. The lowest BCUT2D eigenvalue weighted by Crippen LogP contribution is -2.45. The van der Waals surface area contributed by atoms with Crippen LogP contribution in [-0.4, -0.2) is 44.7 Å². The van der Waals surface area contributed by atoms with E-state index in [9.17, 15) is 9.90 Å². The van der Waals surface area contributed by atoms with Gasteiger partial charge in [0.25, 0.3) is 5.91 Å². The summed E-state index contributed by atoms with van der Waals surface area (Å²) in [7, 11) is 0. The minimum absolute atomic E-state index is 0.0251. The maximum absolute atomic E-state index is 12.6. The number of hydrogen-bond acceptors (Lipinski definition) is 3. The molecule has 0 saturated carbocycles. The van der Waals surface area contributed by atoms with Gasteiger partial charge in [0.05, 0.1) is 12.4 Å². The van der Waals surface area contributed by atoms with E-state index in [1.807, 2.05) is 42.0 Å². The maximum Gasteiger partial charge on any atom is 0.254 e. The Labute approximate surface area is 123 Å². The molecule has 2 atom stereocenters. The largest absolute Gasteiger partial charge is 0.391 e. The predicted molar refractivity (Wildman–Crippen MR) is 79.3 cm³/mol. The molecule has 5 nitrogen and oxygen atoms in total. The summed E-state index contributed by atoms with van der Waals surface area (Å²) in [4.78, 5) is 18.3. The third-order valence-corrected chi connectivity index (χ3v) is 4.10. The molecular formula is C16H19N3O2. The fourth-order valence-corrected chi connectivity index (χ4v) is 2.63. The number of imidazole rings is 1. The zero-order chi connectivity index (χ0) is 14.8. The third-order valence-electron chi connectivity index (χ3n) is 4.10. The summed E-state index contributed by atoms with van der Waals surface area (Å²) in [5.41, 5.74) is 1.55. The number of carbonyl (C=O) groups is 1. The first kappa shape index (κ1) is 13.8. The monoisotopic (exact) mass is 285 g/mol. The van der Waals surface area contributed by atoms with Gasteiger partial charge in [0.15, 0.2) is 0 Å². The molecule has 2 heterocycles. The Hall–Kier alpha value is -2.14. The number of nitrogens with zero attached hydrogens (tertiary/aromatic N) is 3. The molecule has 1 aromatic carbocycles. The van der Waals surface area contributed by atoms with Crippen molar-refractivity contribution in [3.8, 4) is 5.69 Å². The number of aromatic nitrogens is 2. The van der Waals surface area contributed by atoms with Crippen LogP contribution in [0, 0.1) is 5.92 Å². The highest BCUT2D eigenvalue weighted by Gasteiger charge is 2.27. The number of amides is 1. The van der Waals surface area contributed by atoms with Crippen molar-refractivity contribution in [3.05, 3.63) is 48.5 Å². The van der Waals surface area contributed by atoms with Gasteiger partial charge in [0.1, 0.15) is 0 Å². The van der Waals surface area contributed by atoms with Crippen LogP contribution in [0.3, 0.4) is 0 Å². The van der Waals surface area contributed by atoms with Crippen LogP contribution >= 0.6 is 0 Å². The van der Waals surface area contributed by atoms with E-state index in [-0.39, 0.29) is 11.8 Å². The number of β-amino-alcohol motifs (C(OH)–C–C–N with tert-alkyl or cyclic N) is 1. The first-order valence-electron chi connectivity index (χ1n) is 7.21. The normalized spacial score (nSPS) is 22.3. The van der Waals surface area contributed by atoms with Crippen molar-refractivity contribution in [1.82, 2.24) is 14.5 Å². The minimum atomic E-state index is -0.431. The van der Waals surface area contributed by atoms with Crippen LogP contribution in [0.15, 0.2) is 43.0 Å². The summed E-state index contributed by atoms with van der Waals surface area (Å²) < 4.78 is 1.86. The van der Waals surface area contributed by atoms with E-state index >= 15 is 0 Å². The van der Waals surface area contributed by atoms with Gasteiger partial charge in [-0.3, -0.25) is 4.79 Å². The van der Waals surface area contributed by atoms with Crippen molar-refractivity contribution in [3.63, 3.8) is 0 Å². The standard InChI is InChI=1S/C16H19N3O2/c1-12-5-7-18(10-15(12)20)16(21)13-3-2-4-14(9-13)19-8-6-17-11-19/h2-4,6,8-9,11-12,15,20H,5,7,10H2,1H3. The maximum atomic E-state index is 12.6. The zero-order valence-corrected chi connectivity index (χ0v) is 12.0. The third kappa shape index (κ3) is 2.83. The molecule has 1 aromatic heterocycles. The van der Waals surface area contributed by atoms with Gasteiger partial charge in [-0.05, 0) is 30.5 Å². The number of hydrogen-bond donors (Lipinski definition) is 1. The van der Waals surface area contributed by atoms with Crippen LogP contribution in [0.4, 0.5) is 0 Å². The summed E-state index contributed by atoms with van der Waals surface area (Å²) in [6.45, 7) is 3.13. The highest BCUT2D eigenvalue weighted by molar-refractivity contribution is 5.94. The number of aliphatic hydroxyl groups excluding tert-OH is 1. The van der Waals surface area contributed by atoms with Crippen LogP contribution in [-0.2, 0) is 0 Å². The molecule has 0 radical (unpaired) electrons. The number of carbonyl (C=O) groups excluding carboxylic acids is 1. The first-order chi connectivity index (χ1) is 10.1. The van der Waals surface area contributed by atoms with Crippen LogP contribution < -0.4 is 0 Å². The number of likely N-dealkylation sites (tertiary alicyclic amines) is 1. The summed E-state index contributed by atoms with van der Waals surface area (Å²) in [5, 5.41) is 9.94. The molecule has 0 spiro atoms. The zero-order valence-electron chi connectivity index (χ0n) is 12.0. The van der Waals surface area contributed by atoms with E-state index in [2.05, 4.69) is 4.98 Å². The topological polar surface area (TPSA) is 58.4 Å². The number of rotatable bonds is 2. The molecule has 21 heavy (non-hydrogen) atoms. The van der Waals surface area contributed by atoms with E-state index in [0.717, 1.165) is 12.1 Å². The molecular weight excluding hydrogens is 266 g/mol. The van der Waals surface area contributed by atoms with Gasteiger partial charge in [-0.25, -0.2) is 4.98 Å². The number of piperidine rings is 1. The Kier molecular flexibility index (Phi) is 3.75. The lowest BCUT2D eigenvalue weighted by atomic mass is 9.95. The minimum Gasteiger partial charge on any atom is -0.391 e. The lowest BCUT2D eigenvalue weighted by molar-refractivity contribution is 0.0248. The van der Waals surface area contributed by atoms with Gasteiger partial charge in [0.2, 0.25) is 0 Å². The van der Waals surface area contributed by atoms with Crippen molar-refractivity contribution in [1.29, 1.82) is 0 Å². The second kappa shape index (κ2) is 5.69. The van der Waals surface area contributed by atoms with Crippen molar-refractivity contribution in [2.45, 2.75) is 19.4 Å². The predicted octanol–water partition coefficient (Wildman–Crippen LogP) is 1.72. The van der Waals surface area contributed by atoms with Gasteiger partial charge in [-0.15, -0.1) is 0 Å². The van der Waals surface area contributed by atoms with Crippen molar-refractivity contribution >= 4 is 5.91 Å². The average Bonchev–Trinajstić information content (AvgIpc) is 3.04. The number of aliphatic hydroxyl groups is 1. The van der Waals surface area contributed by atoms with Gasteiger partial charge in [-0.1, -0.05) is 13.0 Å². The Morgan fingerprint density at radius 1 is 1.43 bits per heavy atom. The molecule has 2 aromatic rings. The van der Waals surface area contributed by atoms with E-state index in [1.165, 1.54) is 0 Å². The fraction of sp³-hybridized carbons (Fsp3) is 0.375. The molecule has 110 valence electrons. The van der Waals surface area contributed by atoms with Crippen molar-refractivity contribution < 1.29 is 9.90 Å². The quantitative estimate of drug-likeness (QED) is 0.914. The SMILES string of the molecule is CC1CCN(C(=O)c2cccc(-n3ccnc3)c2)CC1O. The fourth-order valence-electron chi connectivity index (χ4n) is 2.63. The van der Waals surface area contributed by atoms with Crippen molar-refractivity contribution in [2.75, 3.05) is 13.1 Å². The Morgan fingerprint density at radius 2 is 2.29 bits per heavy atom. The van der Waals surface area contributed by atoms with Crippen LogP contribution in [0.5, 0.6) is 0 Å². The van der Waals surface area contributed by atoms with Crippen molar-refractivity contribution in [2.24, 2.45) is 5.92 Å². The molecule has 1 amide bonds. The van der Waals surface area contributed by atoms with Gasteiger partial charge >= 0.3 is 0 Å². The van der Waals surface area contributed by atoms with Crippen LogP contribution in [0.25, 0.3) is 5.69 Å². The first-order valence-corrected chi connectivity index (χ1v) is 7.21. The van der Waals surface area contributed by atoms with E-state index < -0.39 is 6.10 Å². The lowest BCUT2D eigenvalue weighted by Gasteiger charge is -2.34. The summed E-state index contributed by atoms with van der Waals surface area (Å²) in [6.07, 6.45) is 5.66. The molecule has 5 heteroatoms. The summed E-state index contributed by atoms with van der Waals surface area (Å²) in [6, 6.07) is 7.47. The summed E-state index contributed by atoms with van der Waals surface area (Å²) >= 11 is 0. The Morgan fingerprint density at radius 3 is 3.00 bits per heavy atom. The molecule has 1 fully saturated rings. The molecule has 1 saturated heterocycles. The smallest absolute Gasteiger partial charge is 0.254 e. The Bertz CT molecular complexity index is 624. The molecule has 0 bridgehead atoms. The van der Waals surface area contributed by atoms with E-state index in [4.69, 9.17) is 0 Å². The Balaban J connectivity index is 1.80. The molecule has 0 aliphatic carbocycles. The van der Waals surface area contributed by atoms with Crippen LogP contribution in [0.2, 0.25) is 0 Å². The second-order valence-electron chi connectivity index (χ2n) is 5.60. The number of benzene rings is 1. The van der Waals surface area contributed by atoms with Gasteiger partial charge < -0.3 is 14.6 Å². The second-order valence-corrected chi connectivity index (χ2v) is 5.60. The molecule has 2 unspecified atom stereocenters. The van der Waals surface area contributed by atoms with E-state index in [1.54, 1.807) is 17.4 Å². The molecule has 3 rings (SSSR count). The van der Waals surface area contributed by atoms with Gasteiger partial charge in [0, 0.05) is 36.7 Å². The van der Waals surface area contributed by atoms with Crippen LogP contribution in [0.1, 0.15) is 23.7 Å². The van der Waals surface area contributed by atoms with E-state index in [0.29, 0.717) is 18.7 Å². The highest BCUT2D eigenvalue weighted by Crippen LogP contribution is 2.20. The molecule has 1 aliphatic heterocycles. The van der Waals surface area contributed by atoms with Gasteiger partial charge in [-0.2, -0.15) is 0 Å². The average molecular weight is 285 g/mol. The summed E-state index contributed by atoms with van der Waals surface area (Å²) in [5.74, 6) is 0.231.